The molecule has 2 fully saturated rings. The van der Waals surface area contributed by atoms with E-state index in [-0.39, 0.29) is 12.0 Å². The summed E-state index contributed by atoms with van der Waals surface area (Å²) in [6, 6.07) is 0. The largest absolute Gasteiger partial charge is 0.373 e. The van der Waals surface area contributed by atoms with E-state index in [0.717, 1.165) is 19.4 Å². The second-order valence-corrected chi connectivity index (χ2v) is 5.11. The van der Waals surface area contributed by atoms with E-state index in [1.807, 2.05) is 4.90 Å². The SMILES string of the molecule is C[C@H]1C[C@@H]2CCN(C(=O)c3cnccn3)C[C@H]2O1. The Balaban J connectivity index is 1.70. The molecule has 2 aliphatic heterocycles. The Bertz CT molecular complexity index is 437. The Morgan fingerprint density at radius 3 is 3.17 bits per heavy atom. The number of nitrogens with zero attached hydrogens (tertiary/aromatic N) is 3. The molecule has 0 unspecified atom stereocenters. The second kappa shape index (κ2) is 4.65. The van der Waals surface area contributed by atoms with Gasteiger partial charge in [0, 0.05) is 25.5 Å². The van der Waals surface area contributed by atoms with Gasteiger partial charge in [-0.15, -0.1) is 0 Å². The Kier molecular flexibility index (Phi) is 2.99. The molecule has 1 aromatic rings. The van der Waals surface area contributed by atoms with Gasteiger partial charge in [-0.05, 0) is 25.7 Å². The van der Waals surface area contributed by atoms with Crippen LogP contribution in [0, 0.1) is 5.92 Å². The Morgan fingerprint density at radius 1 is 1.50 bits per heavy atom. The first-order valence-corrected chi connectivity index (χ1v) is 6.45. The number of aromatic nitrogens is 2. The molecule has 0 saturated carbocycles. The van der Waals surface area contributed by atoms with Crippen molar-refractivity contribution >= 4 is 5.91 Å². The normalized spacial score (nSPS) is 31.2. The molecule has 3 heterocycles. The molecule has 3 atom stereocenters. The molecule has 18 heavy (non-hydrogen) atoms. The molecule has 5 heteroatoms. The molecule has 0 aromatic carbocycles. The topological polar surface area (TPSA) is 55.3 Å². The summed E-state index contributed by atoms with van der Waals surface area (Å²) in [4.78, 5) is 22.1. The summed E-state index contributed by atoms with van der Waals surface area (Å²) in [5.74, 6) is 0.579. The highest BCUT2D eigenvalue weighted by Gasteiger charge is 2.38. The summed E-state index contributed by atoms with van der Waals surface area (Å²) in [6.07, 6.45) is 7.32. The molecule has 2 aliphatic rings. The molecule has 1 amide bonds. The van der Waals surface area contributed by atoms with Gasteiger partial charge in [0.05, 0.1) is 18.4 Å². The molecule has 3 rings (SSSR count). The smallest absolute Gasteiger partial charge is 0.274 e. The van der Waals surface area contributed by atoms with Crippen molar-refractivity contribution in [2.45, 2.75) is 32.0 Å². The van der Waals surface area contributed by atoms with E-state index < -0.39 is 0 Å². The number of fused-ring (bicyclic) bond motifs is 1. The van der Waals surface area contributed by atoms with Crippen molar-refractivity contribution in [1.29, 1.82) is 0 Å². The van der Waals surface area contributed by atoms with E-state index in [1.165, 1.54) is 6.20 Å². The third-order valence-corrected chi connectivity index (χ3v) is 3.81. The van der Waals surface area contributed by atoms with Crippen LogP contribution in [0.25, 0.3) is 0 Å². The number of piperidine rings is 1. The van der Waals surface area contributed by atoms with Crippen LogP contribution in [0.1, 0.15) is 30.3 Å². The van der Waals surface area contributed by atoms with Gasteiger partial charge in [0.15, 0.2) is 0 Å². The van der Waals surface area contributed by atoms with Gasteiger partial charge in [-0.25, -0.2) is 4.98 Å². The van der Waals surface area contributed by atoms with E-state index in [0.29, 0.717) is 24.3 Å². The number of carbonyl (C=O) groups excluding carboxylic acids is 1. The molecule has 0 radical (unpaired) electrons. The predicted octanol–water partition coefficient (Wildman–Crippen LogP) is 1.12. The van der Waals surface area contributed by atoms with Crippen molar-refractivity contribution in [3.63, 3.8) is 0 Å². The van der Waals surface area contributed by atoms with Crippen LogP contribution < -0.4 is 0 Å². The molecule has 0 aliphatic carbocycles. The molecule has 5 nitrogen and oxygen atoms in total. The van der Waals surface area contributed by atoms with Crippen LogP contribution in [0.2, 0.25) is 0 Å². The van der Waals surface area contributed by atoms with Gasteiger partial charge >= 0.3 is 0 Å². The third kappa shape index (κ3) is 2.10. The van der Waals surface area contributed by atoms with E-state index in [9.17, 15) is 4.79 Å². The lowest BCUT2D eigenvalue weighted by Gasteiger charge is -2.33. The fraction of sp³-hybridized carbons (Fsp3) is 0.615. The number of likely N-dealkylation sites (tertiary alicyclic amines) is 1. The fourth-order valence-electron chi connectivity index (χ4n) is 2.93. The molecule has 0 N–H and O–H groups in total. The maximum atomic E-state index is 12.2. The Hall–Kier alpha value is -1.49. The standard InChI is InChI=1S/C13H17N3O2/c1-9-6-10-2-5-16(8-12(10)18-9)13(17)11-7-14-3-4-15-11/h3-4,7,9-10,12H,2,5-6,8H2,1H3/t9-,10-,12+/m0/s1. The first-order chi connectivity index (χ1) is 8.74. The number of hydrogen-bond acceptors (Lipinski definition) is 4. The molecule has 0 bridgehead atoms. The molecule has 2 saturated heterocycles. The maximum absolute atomic E-state index is 12.2. The molecular weight excluding hydrogens is 230 g/mol. The highest BCUT2D eigenvalue weighted by molar-refractivity contribution is 5.92. The van der Waals surface area contributed by atoms with Crippen molar-refractivity contribution in [3.8, 4) is 0 Å². The van der Waals surface area contributed by atoms with Crippen LogP contribution in [-0.2, 0) is 4.74 Å². The van der Waals surface area contributed by atoms with E-state index in [4.69, 9.17) is 4.74 Å². The first-order valence-electron chi connectivity index (χ1n) is 6.45. The van der Waals surface area contributed by atoms with Crippen LogP contribution in [0.3, 0.4) is 0 Å². The molecule has 1 aromatic heterocycles. The van der Waals surface area contributed by atoms with Gasteiger partial charge in [-0.3, -0.25) is 9.78 Å². The van der Waals surface area contributed by atoms with Crippen molar-refractivity contribution in [1.82, 2.24) is 14.9 Å². The summed E-state index contributed by atoms with van der Waals surface area (Å²) in [7, 11) is 0. The first kappa shape index (κ1) is 11.6. The van der Waals surface area contributed by atoms with Crippen LogP contribution in [0.4, 0.5) is 0 Å². The van der Waals surface area contributed by atoms with Gasteiger partial charge in [0.2, 0.25) is 0 Å². The van der Waals surface area contributed by atoms with Gasteiger partial charge in [0.1, 0.15) is 5.69 Å². The zero-order valence-corrected chi connectivity index (χ0v) is 10.5. The lowest BCUT2D eigenvalue weighted by atomic mass is 9.92. The van der Waals surface area contributed by atoms with Crippen molar-refractivity contribution in [2.75, 3.05) is 13.1 Å². The Labute approximate surface area is 106 Å². The summed E-state index contributed by atoms with van der Waals surface area (Å²) in [5, 5.41) is 0. The number of rotatable bonds is 1. The summed E-state index contributed by atoms with van der Waals surface area (Å²) in [5.41, 5.74) is 0.419. The lowest BCUT2D eigenvalue weighted by Crippen LogP contribution is -2.45. The quantitative estimate of drug-likeness (QED) is 0.746. The average Bonchev–Trinajstić information content (AvgIpc) is 2.78. The summed E-state index contributed by atoms with van der Waals surface area (Å²) >= 11 is 0. The van der Waals surface area contributed by atoms with E-state index >= 15 is 0 Å². The van der Waals surface area contributed by atoms with Crippen LogP contribution >= 0.6 is 0 Å². The van der Waals surface area contributed by atoms with E-state index in [1.54, 1.807) is 12.4 Å². The zero-order chi connectivity index (χ0) is 12.5. The molecular formula is C13H17N3O2. The minimum absolute atomic E-state index is 0.0373. The third-order valence-electron chi connectivity index (χ3n) is 3.81. The van der Waals surface area contributed by atoms with Crippen molar-refractivity contribution < 1.29 is 9.53 Å². The van der Waals surface area contributed by atoms with Crippen molar-refractivity contribution in [2.24, 2.45) is 5.92 Å². The van der Waals surface area contributed by atoms with Gasteiger partial charge < -0.3 is 9.64 Å². The number of amides is 1. The summed E-state index contributed by atoms with van der Waals surface area (Å²) in [6.45, 7) is 3.59. The minimum atomic E-state index is -0.0373. The van der Waals surface area contributed by atoms with Crippen molar-refractivity contribution in [3.05, 3.63) is 24.3 Å². The van der Waals surface area contributed by atoms with Crippen LogP contribution in [-0.4, -0.2) is 46.1 Å². The zero-order valence-electron chi connectivity index (χ0n) is 10.5. The van der Waals surface area contributed by atoms with Gasteiger partial charge in [0.25, 0.3) is 5.91 Å². The average molecular weight is 247 g/mol. The number of hydrogen-bond donors (Lipinski definition) is 0. The van der Waals surface area contributed by atoms with Gasteiger partial charge in [-0.2, -0.15) is 0 Å². The highest BCUT2D eigenvalue weighted by Crippen LogP contribution is 2.33. The lowest BCUT2D eigenvalue weighted by molar-refractivity contribution is 0.00136. The predicted molar refractivity (Wildman–Crippen MR) is 65.0 cm³/mol. The van der Waals surface area contributed by atoms with Crippen LogP contribution in [0.5, 0.6) is 0 Å². The Morgan fingerprint density at radius 2 is 2.39 bits per heavy atom. The van der Waals surface area contributed by atoms with E-state index in [2.05, 4.69) is 16.9 Å². The molecule has 96 valence electrons. The van der Waals surface area contributed by atoms with Gasteiger partial charge in [-0.1, -0.05) is 0 Å². The fourth-order valence-corrected chi connectivity index (χ4v) is 2.93. The second-order valence-electron chi connectivity index (χ2n) is 5.11. The maximum Gasteiger partial charge on any atom is 0.274 e. The molecule has 0 spiro atoms. The minimum Gasteiger partial charge on any atom is -0.373 e. The number of carbonyl (C=O) groups is 1. The number of ether oxygens (including phenoxy) is 1. The highest BCUT2D eigenvalue weighted by atomic mass is 16.5. The van der Waals surface area contributed by atoms with Crippen LogP contribution in [0.15, 0.2) is 18.6 Å². The summed E-state index contributed by atoms with van der Waals surface area (Å²) < 4.78 is 5.85. The monoisotopic (exact) mass is 247 g/mol.